The van der Waals surface area contributed by atoms with Crippen molar-refractivity contribution in [2.45, 2.75) is 32.1 Å². The molecule has 3 heteroatoms. The maximum atomic E-state index is 13.7. The lowest BCUT2D eigenvalue weighted by Crippen LogP contribution is -2.06. The molecule has 0 bridgehead atoms. The second kappa shape index (κ2) is 5.46. The van der Waals surface area contributed by atoms with E-state index in [1.807, 2.05) is 6.08 Å². The Kier molecular flexibility index (Phi) is 3.95. The molecule has 0 aliphatic heterocycles. The monoisotopic (exact) mass is 252 g/mol. The van der Waals surface area contributed by atoms with Crippen molar-refractivity contribution in [2.24, 2.45) is 0 Å². The van der Waals surface area contributed by atoms with Gasteiger partial charge in [-0.15, -0.1) is 0 Å². The van der Waals surface area contributed by atoms with E-state index < -0.39 is 5.82 Å². The molecule has 1 aliphatic carbocycles. The zero-order chi connectivity index (χ0) is 12.3. The number of allylic oxidation sites excluding steroid dienone is 2. The minimum absolute atomic E-state index is 0.00470. The molecule has 0 saturated heterocycles. The molecule has 0 heterocycles. The van der Waals surface area contributed by atoms with Crippen LogP contribution in [0.2, 0.25) is 5.02 Å². The summed E-state index contributed by atoms with van der Waals surface area (Å²) >= 11 is 5.68. The van der Waals surface area contributed by atoms with Crippen molar-refractivity contribution in [3.05, 3.63) is 46.3 Å². The van der Waals surface area contributed by atoms with Crippen molar-refractivity contribution in [3.63, 3.8) is 0 Å². The number of rotatable bonds is 2. The van der Waals surface area contributed by atoms with E-state index in [9.17, 15) is 9.18 Å². The molecule has 0 atom stereocenters. The molecular weight excluding hydrogens is 239 g/mol. The maximum Gasteiger partial charge on any atom is 0.191 e. The van der Waals surface area contributed by atoms with Crippen LogP contribution in [0.15, 0.2) is 29.8 Å². The predicted octanol–water partition coefficient (Wildman–Crippen LogP) is 4.55. The Balaban J connectivity index is 2.30. The van der Waals surface area contributed by atoms with Gasteiger partial charge in [0.1, 0.15) is 0 Å². The Labute approximate surface area is 105 Å². The lowest BCUT2D eigenvalue weighted by atomic mass is 9.99. The highest BCUT2D eigenvalue weighted by atomic mass is 35.5. The summed E-state index contributed by atoms with van der Waals surface area (Å²) in [4.78, 5) is 12.2. The van der Waals surface area contributed by atoms with Gasteiger partial charge in [-0.05, 0) is 43.4 Å². The highest BCUT2D eigenvalue weighted by Crippen LogP contribution is 2.24. The topological polar surface area (TPSA) is 17.1 Å². The van der Waals surface area contributed by atoms with Crippen LogP contribution in [-0.2, 0) is 0 Å². The molecule has 0 radical (unpaired) electrons. The Morgan fingerprint density at radius 1 is 1.24 bits per heavy atom. The van der Waals surface area contributed by atoms with Crippen LogP contribution in [0.3, 0.4) is 0 Å². The van der Waals surface area contributed by atoms with E-state index in [0.717, 1.165) is 37.7 Å². The van der Waals surface area contributed by atoms with Crippen LogP contribution in [0, 0.1) is 5.82 Å². The summed E-state index contributed by atoms with van der Waals surface area (Å²) in [5, 5.41) is 0.00470. The van der Waals surface area contributed by atoms with E-state index in [1.165, 1.54) is 12.1 Å². The zero-order valence-corrected chi connectivity index (χ0v) is 10.3. The number of benzene rings is 1. The summed E-state index contributed by atoms with van der Waals surface area (Å²) in [5.41, 5.74) is 0.814. The van der Waals surface area contributed by atoms with E-state index in [-0.39, 0.29) is 16.4 Å². The van der Waals surface area contributed by atoms with Gasteiger partial charge in [-0.25, -0.2) is 4.39 Å². The largest absolute Gasteiger partial charge is 0.289 e. The average Bonchev–Trinajstić information content (AvgIpc) is 2.60. The van der Waals surface area contributed by atoms with Crippen LogP contribution >= 0.6 is 11.6 Å². The molecule has 0 N–H and O–H groups in total. The Morgan fingerprint density at radius 2 is 2.06 bits per heavy atom. The van der Waals surface area contributed by atoms with E-state index >= 15 is 0 Å². The molecule has 0 spiro atoms. The number of hydrogen-bond donors (Lipinski definition) is 0. The van der Waals surface area contributed by atoms with Crippen LogP contribution in [0.5, 0.6) is 0 Å². The molecule has 1 aromatic rings. The molecule has 90 valence electrons. The van der Waals surface area contributed by atoms with Crippen LogP contribution in [0.4, 0.5) is 4.39 Å². The molecule has 1 nitrogen and oxygen atoms in total. The summed E-state index contributed by atoms with van der Waals surface area (Å²) in [6, 6.07) is 4.56. The molecule has 2 rings (SSSR count). The van der Waals surface area contributed by atoms with Crippen LogP contribution in [-0.4, -0.2) is 5.78 Å². The van der Waals surface area contributed by atoms with Crippen LogP contribution < -0.4 is 0 Å². The number of Topliss-reactive ketones (excluding diaryl/α,β-unsaturated/α-hetero) is 1. The van der Waals surface area contributed by atoms with E-state index in [4.69, 9.17) is 11.6 Å². The summed E-state index contributed by atoms with van der Waals surface area (Å²) in [5.74, 6) is -0.823. The molecule has 0 unspecified atom stereocenters. The van der Waals surface area contributed by atoms with Crippen molar-refractivity contribution in [1.82, 2.24) is 0 Å². The van der Waals surface area contributed by atoms with E-state index in [1.54, 1.807) is 6.07 Å². The van der Waals surface area contributed by atoms with E-state index in [2.05, 4.69) is 0 Å². The lowest BCUT2D eigenvalue weighted by Gasteiger charge is -2.06. The second-order valence-electron chi connectivity index (χ2n) is 4.26. The van der Waals surface area contributed by atoms with Gasteiger partial charge in [-0.1, -0.05) is 30.2 Å². The predicted molar refractivity (Wildman–Crippen MR) is 66.9 cm³/mol. The molecule has 1 aromatic carbocycles. The summed E-state index contributed by atoms with van der Waals surface area (Å²) in [6.45, 7) is 0. The highest BCUT2D eigenvalue weighted by molar-refractivity contribution is 6.31. The number of carbonyl (C=O) groups is 1. The van der Waals surface area contributed by atoms with Crippen molar-refractivity contribution < 1.29 is 9.18 Å². The minimum Gasteiger partial charge on any atom is -0.289 e. The minimum atomic E-state index is -0.607. The van der Waals surface area contributed by atoms with Gasteiger partial charge >= 0.3 is 0 Å². The summed E-state index contributed by atoms with van der Waals surface area (Å²) < 4.78 is 13.7. The quantitative estimate of drug-likeness (QED) is 0.706. The number of hydrogen-bond acceptors (Lipinski definition) is 1. The van der Waals surface area contributed by atoms with Gasteiger partial charge in [0.05, 0.1) is 10.6 Å². The third kappa shape index (κ3) is 2.75. The van der Waals surface area contributed by atoms with Gasteiger partial charge < -0.3 is 0 Å². The third-order valence-electron chi connectivity index (χ3n) is 3.03. The molecule has 0 fully saturated rings. The van der Waals surface area contributed by atoms with Crippen molar-refractivity contribution in [1.29, 1.82) is 0 Å². The molecule has 0 aromatic heterocycles. The van der Waals surface area contributed by atoms with Gasteiger partial charge in [-0.3, -0.25) is 4.79 Å². The first kappa shape index (κ1) is 12.3. The number of ketones is 1. The van der Waals surface area contributed by atoms with Gasteiger partial charge in [0.25, 0.3) is 0 Å². The van der Waals surface area contributed by atoms with Crippen LogP contribution in [0.1, 0.15) is 42.5 Å². The summed E-state index contributed by atoms with van der Waals surface area (Å²) in [7, 11) is 0. The van der Waals surface area contributed by atoms with Gasteiger partial charge in [0.15, 0.2) is 11.6 Å². The normalized spacial score (nSPS) is 16.2. The molecular formula is C14H14ClFO. The lowest BCUT2D eigenvalue weighted by molar-refractivity contribution is 0.102. The van der Waals surface area contributed by atoms with Crippen molar-refractivity contribution in [2.75, 3.05) is 0 Å². The SMILES string of the molecule is O=C(C1=CCCCCC1)c1cccc(Cl)c1F. The maximum absolute atomic E-state index is 13.7. The first-order valence-corrected chi connectivity index (χ1v) is 6.25. The molecule has 0 amide bonds. The number of carbonyl (C=O) groups excluding carboxylic acids is 1. The first-order valence-electron chi connectivity index (χ1n) is 5.88. The number of halogens is 2. The molecule has 0 saturated carbocycles. The molecule has 1 aliphatic rings. The van der Waals surface area contributed by atoms with E-state index in [0.29, 0.717) is 0 Å². The van der Waals surface area contributed by atoms with Crippen molar-refractivity contribution in [3.8, 4) is 0 Å². The van der Waals surface area contributed by atoms with Gasteiger partial charge in [0.2, 0.25) is 0 Å². The Hall–Kier alpha value is -1.15. The standard InChI is InChI=1S/C14H14ClFO/c15-12-9-5-8-11(13(12)16)14(17)10-6-3-1-2-4-7-10/h5-6,8-9H,1-4,7H2. The zero-order valence-electron chi connectivity index (χ0n) is 9.51. The first-order chi connectivity index (χ1) is 8.20. The van der Waals surface area contributed by atoms with Crippen molar-refractivity contribution >= 4 is 17.4 Å². The summed E-state index contributed by atoms with van der Waals surface area (Å²) in [6.07, 6.45) is 6.82. The van der Waals surface area contributed by atoms with Crippen LogP contribution in [0.25, 0.3) is 0 Å². The molecule has 17 heavy (non-hydrogen) atoms. The second-order valence-corrected chi connectivity index (χ2v) is 4.67. The fraction of sp³-hybridized carbons (Fsp3) is 0.357. The highest BCUT2D eigenvalue weighted by Gasteiger charge is 2.18. The van der Waals surface area contributed by atoms with Gasteiger partial charge in [0, 0.05) is 0 Å². The smallest absolute Gasteiger partial charge is 0.191 e. The van der Waals surface area contributed by atoms with Gasteiger partial charge in [-0.2, -0.15) is 0 Å². The third-order valence-corrected chi connectivity index (χ3v) is 3.32. The average molecular weight is 253 g/mol. The fourth-order valence-corrected chi connectivity index (χ4v) is 2.25. The Bertz CT molecular complexity index is 465. The fourth-order valence-electron chi connectivity index (χ4n) is 2.07. The Morgan fingerprint density at radius 3 is 2.88 bits per heavy atom.